The fourth-order valence-electron chi connectivity index (χ4n) is 1.45. The Kier molecular flexibility index (Phi) is 2.82. The van der Waals surface area contributed by atoms with Crippen molar-refractivity contribution in [1.82, 2.24) is 0 Å². The molecule has 0 aromatic heterocycles. The van der Waals surface area contributed by atoms with Crippen LogP contribution in [0.5, 0.6) is 17.2 Å². The molecule has 2 heteroatoms. The number of para-hydroxylation sites is 1. The Morgan fingerprint density at radius 1 is 0.938 bits per heavy atom. The maximum absolute atomic E-state index is 9.79. The van der Waals surface area contributed by atoms with Crippen molar-refractivity contribution < 1.29 is 9.84 Å². The van der Waals surface area contributed by atoms with Gasteiger partial charge in [-0.25, -0.2) is 0 Å². The van der Waals surface area contributed by atoms with Crippen LogP contribution in [0, 0.1) is 13.8 Å². The van der Waals surface area contributed by atoms with Gasteiger partial charge in [0.25, 0.3) is 0 Å². The maximum atomic E-state index is 9.79. The summed E-state index contributed by atoms with van der Waals surface area (Å²) in [6.45, 7) is 3.87. The highest BCUT2D eigenvalue weighted by atomic mass is 16.5. The third-order valence-electron chi connectivity index (χ3n) is 2.45. The second-order valence-corrected chi connectivity index (χ2v) is 3.84. The lowest BCUT2D eigenvalue weighted by molar-refractivity contribution is 0.408. The Morgan fingerprint density at radius 3 is 2.31 bits per heavy atom. The molecule has 0 aliphatic rings. The Bertz CT molecular complexity index is 487. The molecule has 82 valence electrons. The smallest absolute Gasteiger partial charge is 0.169 e. The zero-order valence-electron chi connectivity index (χ0n) is 9.40. The van der Waals surface area contributed by atoms with Crippen LogP contribution in [0.3, 0.4) is 0 Å². The lowest BCUT2D eigenvalue weighted by atomic mass is 10.2. The van der Waals surface area contributed by atoms with Gasteiger partial charge >= 0.3 is 0 Å². The zero-order valence-corrected chi connectivity index (χ0v) is 9.40. The topological polar surface area (TPSA) is 29.5 Å². The predicted molar refractivity (Wildman–Crippen MR) is 64.1 cm³/mol. The summed E-state index contributed by atoms with van der Waals surface area (Å²) >= 11 is 0. The molecular formula is C14H14O2. The van der Waals surface area contributed by atoms with Crippen molar-refractivity contribution >= 4 is 0 Å². The van der Waals surface area contributed by atoms with Gasteiger partial charge in [0.05, 0.1) is 0 Å². The number of hydrogen-bond donors (Lipinski definition) is 1. The quantitative estimate of drug-likeness (QED) is 0.823. The minimum Gasteiger partial charge on any atom is -0.504 e. The van der Waals surface area contributed by atoms with E-state index in [1.165, 1.54) is 5.56 Å². The first-order valence-corrected chi connectivity index (χ1v) is 5.20. The van der Waals surface area contributed by atoms with Crippen molar-refractivity contribution in [2.75, 3.05) is 0 Å². The van der Waals surface area contributed by atoms with E-state index >= 15 is 0 Å². The van der Waals surface area contributed by atoms with Crippen molar-refractivity contribution in [3.05, 3.63) is 53.6 Å². The van der Waals surface area contributed by atoms with Crippen LogP contribution in [0.4, 0.5) is 0 Å². The minimum absolute atomic E-state index is 0.197. The van der Waals surface area contributed by atoms with Gasteiger partial charge in [0, 0.05) is 0 Å². The molecule has 0 spiro atoms. The van der Waals surface area contributed by atoms with E-state index in [-0.39, 0.29) is 5.75 Å². The highest BCUT2D eigenvalue weighted by Crippen LogP contribution is 2.32. The molecule has 0 unspecified atom stereocenters. The lowest BCUT2D eigenvalue weighted by Gasteiger charge is -2.09. The molecule has 0 aliphatic heterocycles. The van der Waals surface area contributed by atoms with Crippen LogP contribution in [-0.2, 0) is 0 Å². The maximum Gasteiger partial charge on any atom is 0.169 e. The summed E-state index contributed by atoms with van der Waals surface area (Å²) in [6, 6.07) is 13.2. The van der Waals surface area contributed by atoms with Gasteiger partial charge in [0.1, 0.15) is 5.75 Å². The van der Waals surface area contributed by atoms with Gasteiger partial charge < -0.3 is 9.84 Å². The molecule has 2 rings (SSSR count). The van der Waals surface area contributed by atoms with E-state index in [0.29, 0.717) is 5.75 Å². The van der Waals surface area contributed by atoms with Gasteiger partial charge in [0.2, 0.25) is 0 Å². The van der Waals surface area contributed by atoms with Crippen LogP contribution < -0.4 is 4.74 Å². The van der Waals surface area contributed by atoms with E-state index in [1.54, 1.807) is 6.07 Å². The second kappa shape index (κ2) is 4.27. The van der Waals surface area contributed by atoms with Gasteiger partial charge in [-0.1, -0.05) is 29.8 Å². The summed E-state index contributed by atoms with van der Waals surface area (Å²) in [4.78, 5) is 0. The summed E-state index contributed by atoms with van der Waals surface area (Å²) < 4.78 is 5.59. The first kappa shape index (κ1) is 10.6. The summed E-state index contributed by atoms with van der Waals surface area (Å²) in [5, 5.41) is 9.79. The molecular weight excluding hydrogens is 200 g/mol. The molecule has 1 N–H and O–H groups in total. The SMILES string of the molecule is Cc1ccc(Oc2cccc(C)c2O)cc1. The average molecular weight is 214 g/mol. The third-order valence-corrected chi connectivity index (χ3v) is 2.45. The number of aryl methyl sites for hydroxylation is 2. The molecule has 0 bridgehead atoms. The van der Waals surface area contributed by atoms with Crippen LogP contribution in [0.25, 0.3) is 0 Å². The number of rotatable bonds is 2. The largest absolute Gasteiger partial charge is 0.504 e. The molecule has 2 nitrogen and oxygen atoms in total. The molecule has 0 saturated carbocycles. The van der Waals surface area contributed by atoms with Crippen molar-refractivity contribution in [2.24, 2.45) is 0 Å². The fourth-order valence-corrected chi connectivity index (χ4v) is 1.45. The van der Waals surface area contributed by atoms with Crippen LogP contribution in [0.15, 0.2) is 42.5 Å². The monoisotopic (exact) mass is 214 g/mol. The minimum atomic E-state index is 0.197. The Hall–Kier alpha value is -1.96. The number of phenolic OH excluding ortho intramolecular Hbond substituents is 1. The molecule has 0 fully saturated rings. The Morgan fingerprint density at radius 2 is 1.62 bits per heavy atom. The Balaban J connectivity index is 2.27. The summed E-state index contributed by atoms with van der Waals surface area (Å²) in [5.74, 6) is 1.42. The van der Waals surface area contributed by atoms with Crippen molar-refractivity contribution in [1.29, 1.82) is 0 Å². The molecule has 0 saturated heterocycles. The van der Waals surface area contributed by atoms with Gasteiger partial charge in [-0.15, -0.1) is 0 Å². The first-order valence-electron chi connectivity index (χ1n) is 5.20. The Labute approximate surface area is 95.1 Å². The summed E-state index contributed by atoms with van der Waals surface area (Å²) in [5.41, 5.74) is 1.99. The van der Waals surface area contributed by atoms with E-state index in [9.17, 15) is 5.11 Å². The average Bonchev–Trinajstić information content (AvgIpc) is 2.28. The third kappa shape index (κ3) is 2.16. The molecule has 2 aromatic carbocycles. The number of benzene rings is 2. The number of aromatic hydroxyl groups is 1. The van der Waals surface area contributed by atoms with Gasteiger partial charge in [0.15, 0.2) is 11.5 Å². The fraction of sp³-hybridized carbons (Fsp3) is 0.143. The lowest BCUT2D eigenvalue weighted by Crippen LogP contribution is -1.86. The van der Waals surface area contributed by atoms with Crippen LogP contribution in [-0.4, -0.2) is 5.11 Å². The summed E-state index contributed by atoms with van der Waals surface area (Å²) in [6.07, 6.45) is 0. The summed E-state index contributed by atoms with van der Waals surface area (Å²) in [7, 11) is 0. The molecule has 0 radical (unpaired) electrons. The van der Waals surface area contributed by atoms with Crippen molar-refractivity contribution in [3.63, 3.8) is 0 Å². The molecule has 16 heavy (non-hydrogen) atoms. The van der Waals surface area contributed by atoms with E-state index < -0.39 is 0 Å². The van der Waals surface area contributed by atoms with E-state index in [1.807, 2.05) is 50.2 Å². The molecule has 2 aromatic rings. The molecule has 0 atom stereocenters. The molecule has 0 aliphatic carbocycles. The second-order valence-electron chi connectivity index (χ2n) is 3.84. The highest BCUT2D eigenvalue weighted by molar-refractivity contribution is 5.46. The molecule has 0 amide bonds. The van der Waals surface area contributed by atoms with Crippen LogP contribution in [0.2, 0.25) is 0 Å². The highest BCUT2D eigenvalue weighted by Gasteiger charge is 2.05. The number of ether oxygens (including phenoxy) is 1. The van der Waals surface area contributed by atoms with Crippen molar-refractivity contribution in [2.45, 2.75) is 13.8 Å². The normalized spacial score (nSPS) is 10.1. The predicted octanol–water partition coefficient (Wildman–Crippen LogP) is 3.80. The van der Waals surface area contributed by atoms with Crippen LogP contribution >= 0.6 is 0 Å². The van der Waals surface area contributed by atoms with E-state index in [0.717, 1.165) is 11.3 Å². The van der Waals surface area contributed by atoms with E-state index in [4.69, 9.17) is 4.74 Å². The van der Waals surface area contributed by atoms with Gasteiger partial charge in [-0.3, -0.25) is 0 Å². The number of hydrogen-bond acceptors (Lipinski definition) is 2. The van der Waals surface area contributed by atoms with Crippen LogP contribution in [0.1, 0.15) is 11.1 Å². The number of phenols is 1. The van der Waals surface area contributed by atoms with E-state index in [2.05, 4.69) is 0 Å². The zero-order chi connectivity index (χ0) is 11.5. The van der Waals surface area contributed by atoms with Gasteiger partial charge in [-0.05, 0) is 37.6 Å². The first-order chi connectivity index (χ1) is 7.66. The standard InChI is InChI=1S/C14H14O2/c1-10-6-8-12(9-7-10)16-13-5-3-4-11(2)14(13)15/h3-9,15H,1-2H3. The van der Waals surface area contributed by atoms with Gasteiger partial charge in [-0.2, -0.15) is 0 Å². The van der Waals surface area contributed by atoms with Crippen molar-refractivity contribution in [3.8, 4) is 17.2 Å². The molecule has 0 heterocycles.